The normalized spacial score (nSPS) is 11.4. The van der Waals surface area contributed by atoms with Crippen molar-refractivity contribution < 1.29 is 33.3 Å². The van der Waals surface area contributed by atoms with Crippen molar-refractivity contribution in [2.45, 2.75) is 116 Å². The molecule has 2 rings (SSSR count). The lowest BCUT2D eigenvalue weighted by atomic mass is 10.1. The smallest absolute Gasteiger partial charge is 0.310 e. The number of carbonyl (C=O) groups excluding carboxylic acids is 3. The van der Waals surface area contributed by atoms with Crippen molar-refractivity contribution in [3.05, 3.63) is 70.0 Å². The molecule has 0 saturated carbocycles. The first-order valence-corrected chi connectivity index (χ1v) is 25.2. The molecule has 13 heteroatoms. The maximum absolute atomic E-state index is 12.0. The average molecular weight is 1420 g/mol. The summed E-state index contributed by atoms with van der Waals surface area (Å²) in [6.07, 6.45) is 26.0. The summed E-state index contributed by atoms with van der Waals surface area (Å²) in [6, 6.07) is 8.57. The molecule has 0 heterocycles. The summed E-state index contributed by atoms with van der Waals surface area (Å²) in [5, 5.41) is 0. The Labute approximate surface area is 404 Å². The van der Waals surface area contributed by atoms with Gasteiger partial charge in [-0.1, -0.05) is 88.5 Å². The first kappa shape index (κ1) is 50.7. The average Bonchev–Trinajstić information content (AvgIpc) is 3.12. The highest BCUT2D eigenvalue weighted by molar-refractivity contribution is 14.1. The van der Waals surface area contributed by atoms with E-state index in [1.807, 2.05) is 12.2 Å². The molecule has 54 heavy (non-hydrogen) atoms. The first-order valence-electron chi connectivity index (χ1n) is 18.7. The van der Waals surface area contributed by atoms with Gasteiger partial charge in [-0.05, 0) is 198 Å². The molecule has 2 aromatic rings. The van der Waals surface area contributed by atoms with Crippen LogP contribution < -0.4 is 9.47 Å². The molecule has 0 bridgehead atoms. The van der Waals surface area contributed by atoms with Crippen LogP contribution in [0.1, 0.15) is 116 Å². The predicted molar refractivity (Wildman–Crippen MR) is 268 cm³/mol. The standard InChI is InChI=1S/C41H52I6O7/c42-31-25-34(44)40(35(45)26-31)51-23-19-15-11-7-3-1-5-9-13-17-21-38(49)53-29-33(48)30-54-39(50)22-18-14-10-6-2-4-8-12-16-20-24-52-41-36(46)27-32(43)28-37(41)47/h13-14,17-18,25-28H,1-12,15-16,19-24,29-30H2. The Kier molecular flexibility index (Phi) is 30.4. The van der Waals surface area contributed by atoms with E-state index < -0.39 is 17.7 Å². The predicted octanol–water partition coefficient (Wildman–Crippen LogP) is 13.6. The van der Waals surface area contributed by atoms with E-state index in [9.17, 15) is 14.4 Å². The molecule has 0 unspecified atom stereocenters. The number of carbonyl (C=O) groups is 3. The van der Waals surface area contributed by atoms with Gasteiger partial charge in [0.05, 0.1) is 40.3 Å². The fraction of sp³-hybridized carbons (Fsp3) is 0.537. The van der Waals surface area contributed by atoms with Gasteiger partial charge in [-0.15, -0.1) is 0 Å². The second kappa shape index (κ2) is 32.4. The van der Waals surface area contributed by atoms with Gasteiger partial charge in [-0.2, -0.15) is 0 Å². The number of halogens is 6. The van der Waals surface area contributed by atoms with E-state index in [0.717, 1.165) is 63.2 Å². The van der Waals surface area contributed by atoms with Crippen LogP contribution in [-0.2, 0) is 23.9 Å². The molecule has 7 nitrogen and oxygen atoms in total. The van der Waals surface area contributed by atoms with Gasteiger partial charge in [-0.25, -0.2) is 0 Å². The van der Waals surface area contributed by atoms with Crippen molar-refractivity contribution in [3.8, 4) is 11.5 Å². The molecule has 2 aromatic carbocycles. The maximum atomic E-state index is 12.0. The summed E-state index contributed by atoms with van der Waals surface area (Å²) in [4.78, 5) is 35.9. The fourth-order valence-corrected chi connectivity index (χ4v) is 13.0. The van der Waals surface area contributed by atoms with E-state index in [1.165, 1.54) is 85.6 Å². The quantitative estimate of drug-likeness (QED) is 0.0333. The minimum Gasteiger partial charge on any atom is -0.491 e. The van der Waals surface area contributed by atoms with Gasteiger partial charge in [-0.3, -0.25) is 14.4 Å². The maximum Gasteiger partial charge on any atom is 0.310 e. The summed E-state index contributed by atoms with van der Waals surface area (Å²) in [5.74, 6) is 0.651. The second-order valence-electron chi connectivity index (χ2n) is 12.8. The molecule has 0 amide bonds. The summed E-state index contributed by atoms with van der Waals surface area (Å²) in [5.41, 5.74) is 0. The summed E-state index contributed by atoms with van der Waals surface area (Å²) in [6.45, 7) is 0.751. The number of hydrogen-bond donors (Lipinski definition) is 0. The van der Waals surface area contributed by atoms with Crippen LogP contribution in [0.4, 0.5) is 0 Å². The second-order valence-corrected chi connectivity index (χ2v) is 20.0. The minimum absolute atomic E-state index is 0.129. The number of ether oxygens (including phenoxy) is 4. The number of hydrogen-bond acceptors (Lipinski definition) is 7. The van der Waals surface area contributed by atoms with Crippen LogP contribution in [0.3, 0.4) is 0 Å². The molecule has 0 aliphatic rings. The topological polar surface area (TPSA) is 88.1 Å². The van der Waals surface area contributed by atoms with E-state index in [0.29, 0.717) is 0 Å². The van der Waals surface area contributed by atoms with E-state index in [1.54, 1.807) is 12.2 Å². The van der Waals surface area contributed by atoms with Crippen molar-refractivity contribution in [2.75, 3.05) is 26.4 Å². The van der Waals surface area contributed by atoms with Crippen LogP contribution in [0.15, 0.2) is 48.6 Å². The third-order valence-corrected chi connectivity index (χ3v) is 12.6. The van der Waals surface area contributed by atoms with Crippen LogP contribution in [0.25, 0.3) is 0 Å². The Morgan fingerprint density at radius 2 is 0.759 bits per heavy atom. The number of benzene rings is 2. The van der Waals surface area contributed by atoms with Gasteiger partial charge >= 0.3 is 11.9 Å². The van der Waals surface area contributed by atoms with Gasteiger partial charge in [0.15, 0.2) is 13.2 Å². The third-order valence-electron chi connectivity index (χ3n) is 8.14. The number of rotatable bonds is 30. The minimum atomic E-state index is -0.461. The van der Waals surface area contributed by atoms with Crippen molar-refractivity contribution in [1.82, 2.24) is 0 Å². The van der Waals surface area contributed by atoms with E-state index >= 15 is 0 Å². The molecule has 0 spiro atoms. The van der Waals surface area contributed by atoms with Crippen LogP contribution >= 0.6 is 136 Å². The number of allylic oxidation sites excluding steroid dienone is 2. The summed E-state index contributed by atoms with van der Waals surface area (Å²) >= 11 is 14.0. The highest BCUT2D eigenvalue weighted by Crippen LogP contribution is 2.31. The Morgan fingerprint density at radius 1 is 0.444 bits per heavy atom. The lowest BCUT2D eigenvalue weighted by molar-refractivity contribution is -0.152. The van der Waals surface area contributed by atoms with Gasteiger partial charge in [0, 0.05) is 7.14 Å². The molecule has 300 valence electrons. The van der Waals surface area contributed by atoms with E-state index in [4.69, 9.17) is 18.9 Å². The van der Waals surface area contributed by atoms with Crippen LogP contribution in [-0.4, -0.2) is 44.1 Å². The number of Topliss-reactive ketones (excluding diaryl/α,β-unsaturated/α-hetero) is 1. The summed E-state index contributed by atoms with van der Waals surface area (Å²) < 4.78 is 29.2. The first-order chi connectivity index (χ1) is 26.1. The van der Waals surface area contributed by atoms with Crippen molar-refractivity contribution in [1.29, 1.82) is 0 Å². The molecular formula is C41H52I6O7. The van der Waals surface area contributed by atoms with E-state index in [-0.39, 0.29) is 26.1 Å². The van der Waals surface area contributed by atoms with Gasteiger partial charge in [0.2, 0.25) is 5.78 Å². The number of esters is 2. The van der Waals surface area contributed by atoms with Crippen LogP contribution in [0.2, 0.25) is 0 Å². The Bertz CT molecular complexity index is 1330. The molecule has 0 aliphatic carbocycles. The molecule has 0 atom stereocenters. The monoisotopic (exact) mass is 1420 g/mol. The zero-order valence-electron chi connectivity index (χ0n) is 30.8. The van der Waals surface area contributed by atoms with Gasteiger partial charge in [0.25, 0.3) is 0 Å². The highest BCUT2D eigenvalue weighted by Gasteiger charge is 2.11. The fourth-order valence-electron chi connectivity index (χ4n) is 5.25. The Morgan fingerprint density at radius 3 is 1.11 bits per heavy atom. The Balaban J connectivity index is 1.33. The third kappa shape index (κ3) is 25.1. The van der Waals surface area contributed by atoms with E-state index in [2.05, 4.69) is 160 Å². The SMILES string of the molecule is O=C(COC(=O)CC=CCCCCCCCCCOc1c(I)cc(I)cc1I)COC(=O)CC=CCCCCCCCCCOc1c(I)cc(I)cc1I. The lowest BCUT2D eigenvalue weighted by Crippen LogP contribution is -2.20. The van der Waals surface area contributed by atoms with Gasteiger partial charge in [0.1, 0.15) is 11.5 Å². The van der Waals surface area contributed by atoms with Crippen molar-refractivity contribution in [2.24, 2.45) is 0 Å². The molecular weight excluding hydrogens is 1370 g/mol. The molecule has 0 aliphatic heterocycles. The Hall–Kier alpha value is 0.510. The largest absolute Gasteiger partial charge is 0.491 e. The van der Waals surface area contributed by atoms with Crippen LogP contribution in [0.5, 0.6) is 11.5 Å². The van der Waals surface area contributed by atoms with Crippen LogP contribution in [0, 0.1) is 21.4 Å². The summed E-state index contributed by atoms with van der Waals surface area (Å²) in [7, 11) is 0. The number of unbranched alkanes of at least 4 members (excludes halogenated alkanes) is 14. The lowest BCUT2D eigenvalue weighted by Gasteiger charge is -2.11. The van der Waals surface area contributed by atoms with Crippen molar-refractivity contribution >= 4 is 153 Å². The van der Waals surface area contributed by atoms with Crippen molar-refractivity contribution in [3.63, 3.8) is 0 Å². The highest BCUT2D eigenvalue weighted by atomic mass is 127. The molecule has 0 fully saturated rings. The molecule has 0 N–H and O–H groups in total. The zero-order valence-corrected chi connectivity index (χ0v) is 43.7. The van der Waals surface area contributed by atoms with Gasteiger partial charge < -0.3 is 18.9 Å². The zero-order chi connectivity index (χ0) is 39.4. The number of ketones is 1. The molecule has 0 saturated heterocycles. The molecule has 0 radical (unpaired) electrons. The molecule has 0 aromatic heterocycles.